The minimum atomic E-state index is -2.01. The lowest BCUT2D eigenvalue weighted by molar-refractivity contribution is 0.0532. The largest absolute Gasteiger partial charge is 0.463 e. The van der Waals surface area contributed by atoms with E-state index in [1.165, 1.54) is 0 Å². The van der Waals surface area contributed by atoms with Crippen LogP contribution in [-0.4, -0.2) is 43.1 Å². The maximum atomic E-state index is 10.0. The molecule has 3 amide bonds. The molecule has 0 aliphatic heterocycles. The fraction of sp³-hybridized carbons (Fsp3) is 0. The van der Waals surface area contributed by atoms with Crippen LogP contribution in [0.3, 0.4) is 0 Å². The van der Waals surface area contributed by atoms with Crippen LogP contribution in [0.25, 0.3) is 0 Å². The summed E-state index contributed by atoms with van der Waals surface area (Å²) in [5.41, 5.74) is 0. The Morgan fingerprint density at radius 3 is 1.33 bits per heavy atom. The molecule has 0 aromatic carbocycles. The number of amides is 3. The summed E-state index contributed by atoms with van der Waals surface area (Å²) in [5, 5.41) is 23.7. The van der Waals surface area contributed by atoms with E-state index in [1.54, 1.807) is 0 Å². The first-order valence-corrected chi connectivity index (χ1v) is 2.66. The van der Waals surface area contributed by atoms with E-state index in [1.807, 2.05) is 0 Å². The summed E-state index contributed by atoms with van der Waals surface area (Å²) < 4.78 is -0.495. The number of rotatable bonds is 0. The fourth-order valence-corrected chi connectivity index (χ4v) is 0.447. The van der Waals surface area contributed by atoms with Crippen LogP contribution in [0.5, 0.6) is 0 Å². The van der Waals surface area contributed by atoms with Crippen LogP contribution < -0.4 is 0 Å². The van der Waals surface area contributed by atoms with E-state index in [-0.39, 0.29) is 0 Å². The quantitative estimate of drug-likeness (QED) is 0.389. The smallest absolute Gasteiger partial charge is 0.442 e. The normalized spacial score (nSPS) is 8.75. The summed E-state index contributed by atoms with van der Waals surface area (Å²) in [5.74, 6) is 0. The Balaban J connectivity index is 4.63. The van der Waals surface area contributed by atoms with Crippen molar-refractivity contribution in [3.63, 3.8) is 0 Å². The molecule has 0 heterocycles. The lowest BCUT2D eigenvalue weighted by Crippen LogP contribution is -2.46. The van der Waals surface area contributed by atoms with Crippen molar-refractivity contribution in [1.82, 2.24) is 9.54 Å². The molecule has 0 saturated heterocycles. The van der Waals surface area contributed by atoms with Crippen LogP contribution in [0, 0.1) is 0 Å². The highest BCUT2D eigenvalue weighted by atomic mass is 35.5. The number of carbonyl (C=O) groups is 3. The molecular weight excluding hydrogens is 195 g/mol. The summed E-state index contributed by atoms with van der Waals surface area (Å²) in [7, 11) is 0. The highest BCUT2D eigenvalue weighted by Crippen LogP contribution is 2.03. The molecule has 0 saturated carbocycles. The molecule has 0 bridgehead atoms. The van der Waals surface area contributed by atoms with E-state index in [2.05, 4.69) is 0 Å². The second kappa shape index (κ2) is 3.62. The Morgan fingerprint density at radius 1 is 0.917 bits per heavy atom. The summed E-state index contributed by atoms with van der Waals surface area (Å²) in [4.78, 5) is 30.1. The van der Waals surface area contributed by atoms with Gasteiger partial charge in [0.15, 0.2) is 0 Å². The predicted molar refractivity (Wildman–Crippen MR) is 33.6 cm³/mol. The van der Waals surface area contributed by atoms with E-state index >= 15 is 0 Å². The predicted octanol–water partition coefficient (Wildman–Crippen LogP) is 0.693. The zero-order valence-corrected chi connectivity index (χ0v) is 6.09. The van der Waals surface area contributed by atoms with Gasteiger partial charge in [0.05, 0.1) is 0 Å². The van der Waals surface area contributed by atoms with Gasteiger partial charge in [0.2, 0.25) is 0 Å². The molecule has 0 aromatic rings. The van der Waals surface area contributed by atoms with Gasteiger partial charge >= 0.3 is 18.3 Å². The SMILES string of the molecule is O=C(O)N(Cl)N(C(=O)O)C(=O)O. The molecule has 0 aromatic heterocycles. The minimum absolute atomic E-state index is 0.495. The van der Waals surface area contributed by atoms with Crippen molar-refractivity contribution < 1.29 is 29.7 Å². The second-order valence-corrected chi connectivity index (χ2v) is 1.74. The number of imide groups is 1. The van der Waals surface area contributed by atoms with Gasteiger partial charge < -0.3 is 15.3 Å². The first-order valence-electron chi connectivity index (χ1n) is 2.32. The summed E-state index contributed by atoms with van der Waals surface area (Å²) in [6, 6.07) is 0. The van der Waals surface area contributed by atoms with Crippen molar-refractivity contribution in [2.45, 2.75) is 0 Å². The molecule has 0 fully saturated rings. The molecule has 0 aliphatic carbocycles. The summed E-state index contributed by atoms with van der Waals surface area (Å²) in [6.07, 6.45) is -5.94. The van der Waals surface area contributed by atoms with Crippen LogP contribution >= 0.6 is 11.8 Å². The van der Waals surface area contributed by atoms with Gasteiger partial charge in [-0.3, -0.25) is 0 Å². The van der Waals surface area contributed by atoms with Crippen LogP contribution in [0.15, 0.2) is 0 Å². The van der Waals surface area contributed by atoms with E-state index in [0.717, 1.165) is 0 Å². The van der Waals surface area contributed by atoms with Crippen LogP contribution in [0.1, 0.15) is 0 Å². The van der Waals surface area contributed by atoms with E-state index in [0.29, 0.717) is 0 Å². The molecule has 0 unspecified atom stereocenters. The molecule has 0 spiro atoms. The van der Waals surface area contributed by atoms with Gasteiger partial charge in [0.1, 0.15) is 0 Å². The molecule has 3 N–H and O–H groups in total. The van der Waals surface area contributed by atoms with Gasteiger partial charge in [-0.25, -0.2) is 14.4 Å². The van der Waals surface area contributed by atoms with Gasteiger partial charge in [-0.2, -0.15) is 0 Å². The number of carboxylic acid groups (broad SMARTS) is 3. The van der Waals surface area contributed by atoms with Crippen LogP contribution in [0.4, 0.5) is 14.4 Å². The fourth-order valence-electron chi connectivity index (χ4n) is 0.318. The van der Waals surface area contributed by atoms with Crippen molar-refractivity contribution in [1.29, 1.82) is 0 Å². The van der Waals surface area contributed by atoms with E-state index < -0.39 is 27.8 Å². The molecule has 0 aliphatic rings. The van der Waals surface area contributed by atoms with Crippen molar-refractivity contribution in [2.75, 3.05) is 0 Å². The Bertz CT molecular complexity index is 215. The third-order valence-corrected chi connectivity index (χ3v) is 0.992. The maximum Gasteiger partial charge on any atom is 0.442 e. The van der Waals surface area contributed by atoms with Crippen LogP contribution in [-0.2, 0) is 0 Å². The van der Waals surface area contributed by atoms with Gasteiger partial charge in [-0.15, -0.1) is 4.53 Å². The molecular formula is C3H3ClN2O6. The Morgan fingerprint density at radius 2 is 1.25 bits per heavy atom. The molecule has 8 nitrogen and oxygen atoms in total. The van der Waals surface area contributed by atoms with Crippen molar-refractivity contribution in [3.05, 3.63) is 0 Å². The first kappa shape index (κ1) is 10.3. The molecule has 9 heteroatoms. The van der Waals surface area contributed by atoms with Crippen LogP contribution in [0.2, 0.25) is 0 Å². The highest BCUT2D eigenvalue weighted by Gasteiger charge is 2.30. The van der Waals surface area contributed by atoms with Gasteiger partial charge in [0.25, 0.3) is 0 Å². The molecule has 0 rings (SSSR count). The Labute approximate surface area is 70.2 Å². The molecule has 68 valence electrons. The first-order chi connectivity index (χ1) is 5.37. The highest BCUT2D eigenvalue weighted by molar-refractivity contribution is 6.21. The number of hydrogen-bond donors (Lipinski definition) is 3. The topological polar surface area (TPSA) is 118 Å². The zero-order valence-electron chi connectivity index (χ0n) is 5.34. The van der Waals surface area contributed by atoms with E-state index in [4.69, 9.17) is 27.1 Å². The minimum Gasteiger partial charge on any atom is -0.463 e. The number of hydrazine groups is 1. The zero-order chi connectivity index (χ0) is 9.89. The summed E-state index contributed by atoms with van der Waals surface area (Å²) >= 11 is 4.77. The van der Waals surface area contributed by atoms with Crippen molar-refractivity contribution in [3.8, 4) is 0 Å². The molecule has 0 radical (unpaired) electrons. The lowest BCUT2D eigenvalue weighted by atomic mass is 10.9. The number of nitrogens with zero attached hydrogens (tertiary/aromatic N) is 2. The average Bonchev–Trinajstić information content (AvgIpc) is 1.85. The lowest BCUT2D eigenvalue weighted by Gasteiger charge is -2.17. The standard InChI is InChI=1S/C3H3ClN2O6/c4-6(3(11)12)5(1(7)8)2(9)10/h(H,7,8)(H,9,10)(H,11,12). The Kier molecular flexibility index (Phi) is 3.11. The third-order valence-electron chi connectivity index (χ3n) is 0.696. The summed E-state index contributed by atoms with van der Waals surface area (Å²) in [6.45, 7) is 0. The number of halogens is 1. The molecule has 0 atom stereocenters. The molecule has 12 heavy (non-hydrogen) atoms. The van der Waals surface area contributed by atoms with Crippen molar-refractivity contribution >= 4 is 30.1 Å². The number of hydrogen-bond acceptors (Lipinski definition) is 3. The Hall–Kier alpha value is -1.70. The monoisotopic (exact) mass is 198 g/mol. The van der Waals surface area contributed by atoms with Crippen molar-refractivity contribution in [2.24, 2.45) is 0 Å². The van der Waals surface area contributed by atoms with Gasteiger partial charge in [-0.05, 0) is 0 Å². The average molecular weight is 199 g/mol. The van der Waals surface area contributed by atoms with Gasteiger partial charge in [0, 0.05) is 11.8 Å². The van der Waals surface area contributed by atoms with Gasteiger partial charge in [-0.1, -0.05) is 5.01 Å². The second-order valence-electron chi connectivity index (χ2n) is 1.42. The maximum absolute atomic E-state index is 10.0. The third kappa shape index (κ3) is 2.16. The van der Waals surface area contributed by atoms with E-state index in [9.17, 15) is 14.4 Å².